The first-order valence-electron chi connectivity index (χ1n) is 8.66. The number of anilines is 1. The maximum atomic E-state index is 12.6. The molecule has 1 N–H and O–H groups in total. The Bertz CT molecular complexity index is 948. The quantitative estimate of drug-likeness (QED) is 0.792. The second-order valence-electron chi connectivity index (χ2n) is 6.70. The van der Waals surface area contributed by atoms with Crippen LogP contribution in [0.15, 0.2) is 44.3 Å². The number of halogens is 1. The van der Waals surface area contributed by atoms with Crippen LogP contribution in [0.3, 0.4) is 0 Å². The van der Waals surface area contributed by atoms with Crippen LogP contribution in [0.25, 0.3) is 0 Å². The van der Waals surface area contributed by atoms with E-state index in [1.165, 1.54) is 0 Å². The molecule has 0 radical (unpaired) electrons. The van der Waals surface area contributed by atoms with Crippen molar-refractivity contribution in [1.82, 2.24) is 4.72 Å². The molecule has 1 aliphatic carbocycles. The zero-order chi connectivity index (χ0) is 18.3. The van der Waals surface area contributed by atoms with Crippen LogP contribution in [0, 0.1) is 0 Å². The summed E-state index contributed by atoms with van der Waals surface area (Å²) >= 11 is 3.20. The van der Waals surface area contributed by atoms with Crippen LogP contribution in [0.2, 0.25) is 0 Å². The first-order valence-corrected chi connectivity index (χ1v) is 10.9. The van der Waals surface area contributed by atoms with E-state index in [9.17, 15) is 13.2 Å². The minimum Gasteiger partial charge on any atom is -0.444 e. The van der Waals surface area contributed by atoms with Crippen molar-refractivity contribution in [1.29, 1.82) is 0 Å². The van der Waals surface area contributed by atoms with E-state index in [-0.39, 0.29) is 22.6 Å². The normalized spacial score (nSPS) is 17.7. The van der Waals surface area contributed by atoms with Crippen LogP contribution in [0.4, 0.5) is 5.69 Å². The van der Waals surface area contributed by atoms with Gasteiger partial charge in [0.1, 0.15) is 0 Å². The lowest BCUT2D eigenvalue weighted by atomic mass is 10.2. The van der Waals surface area contributed by atoms with Gasteiger partial charge in [-0.3, -0.25) is 4.79 Å². The van der Waals surface area contributed by atoms with Gasteiger partial charge in [-0.25, -0.2) is 13.1 Å². The van der Waals surface area contributed by atoms with Crippen molar-refractivity contribution in [2.75, 3.05) is 11.4 Å². The Balaban J connectivity index is 1.57. The van der Waals surface area contributed by atoms with Crippen LogP contribution in [0.5, 0.6) is 0 Å². The molecule has 26 heavy (non-hydrogen) atoms. The predicted octanol–water partition coefficient (Wildman–Crippen LogP) is 3.47. The van der Waals surface area contributed by atoms with Crippen LogP contribution in [-0.4, -0.2) is 26.9 Å². The number of sulfonamides is 1. The number of fused-ring (bicyclic) bond motifs is 1. The number of nitrogens with one attached hydrogen (secondary N) is 1. The van der Waals surface area contributed by atoms with E-state index in [1.807, 2.05) is 0 Å². The number of carbonyl (C=O) groups is 1. The van der Waals surface area contributed by atoms with Crippen molar-refractivity contribution in [2.24, 2.45) is 0 Å². The van der Waals surface area contributed by atoms with E-state index in [1.54, 1.807) is 35.2 Å². The summed E-state index contributed by atoms with van der Waals surface area (Å²) in [5.74, 6) is 0.0264. The standard InChI is InChI=1S/C18H19BrN2O4S/c19-17-8-7-16(25-17)18(22)21-10-9-12-11-14(5-6-15(12)21)26(23,24)20-13-3-1-2-4-13/h5-8,11,13,20H,1-4,9-10H2. The Labute approximate surface area is 160 Å². The molecule has 2 aliphatic rings. The molecule has 138 valence electrons. The summed E-state index contributed by atoms with van der Waals surface area (Å²) in [5.41, 5.74) is 1.60. The lowest BCUT2D eigenvalue weighted by Crippen LogP contribution is -2.32. The monoisotopic (exact) mass is 438 g/mol. The van der Waals surface area contributed by atoms with Crippen molar-refractivity contribution in [3.63, 3.8) is 0 Å². The highest BCUT2D eigenvalue weighted by Crippen LogP contribution is 2.32. The highest BCUT2D eigenvalue weighted by Gasteiger charge is 2.30. The highest BCUT2D eigenvalue weighted by atomic mass is 79.9. The van der Waals surface area contributed by atoms with Crippen LogP contribution in [0.1, 0.15) is 41.8 Å². The molecular weight excluding hydrogens is 420 g/mol. The molecule has 8 heteroatoms. The molecule has 0 atom stereocenters. The molecule has 0 bridgehead atoms. The van der Waals surface area contributed by atoms with Crippen molar-refractivity contribution < 1.29 is 17.6 Å². The Morgan fingerprint density at radius 3 is 2.65 bits per heavy atom. The molecule has 4 rings (SSSR count). The molecule has 0 saturated heterocycles. The first kappa shape index (κ1) is 17.8. The molecule has 6 nitrogen and oxygen atoms in total. The van der Waals surface area contributed by atoms with Crippen molar-refractivity contribution in [2.45, 2.75) is 43.0 Å². The molecule has 1 amide bonds. The van der Waals surface area contributed by atoms with Crippen molar-refractivity contribution in [3.8, 4) is 0 Å². The van der Waals surface area contributed by atoms with Crippen LogP contribution < -0.4 is 9.62 Å². The number of hydrogen-bond acceptors (Lipinski definition) is 4. The summed E-state index contributed by atoms with van der Waals surface area (Å²) in [6.07, 6.45) is 4.54. The SMILES string of the molecule is O=C(c1ccc(Br)o1)N1CCc2cc(S(=O)(=O)NC3CCCC3)ccc21. The van der Waals surface area contributed by atoms with Gasteiger partial charge in [-0.15, -0.1) is 0 Å². The third-order valence-corrected chi connectivity index (χ3v) is 6.91. The van der Waals surface area contributed by atoms with Crippen LogP contribution >= 0.6 is 15.9 Å². The van der Waals surface area contributed by atoms with Gasteiger partial charge in [-0.2, -0.15) is 0 Å². The average molecular weight is 439 g/mol. The summed E-state index contributed by atoms with van der Waals surface area (Å²) < 4.78 is 33.9. The number of carbonyl (C=O) groups excluding carboxylic acids is 1. The summed E-state index contributed by atoms with van der Waals surface area (Å²) in [7, 11) is -3.53. The molecule has 1 aromatic heterocycles. The molecule has 1 aromatic carbocycles. The van der Waals surface area contributed by atoms with Crippen LogP contribution in [-0.2, 0) is 16.4 Å². The molecule has 0 spiro atoms. The van der Waals surface area contributed by atoms with E-state index in [4.69, 9.17) is 4.42 Å². The van der Waals surface area contributed by atoms with Crippen molar-refractivity contribution in [3.05, 3.63) is 46.3 Å². The fraction of sp³-hybridized carbons (Fsp3) is 0.389. The fourth-order valence-corrected chi connectivity index (χ4v) is 5.31. The third kappa shape index (κ3) is 3.33. The minimum atomic E-state index is -3.53. The zero-order valence-electron chi connectivity index (χ0n) is 14.1. The molecular formula is C18H19BrN2O4S. The molecule has 2 aromatic rings. The minimum absolute atomic E-state index is 0.0312. The number of hydrogen-bond donors (Lipinski definition) is 1. The summed E-state index contributed by atoms with van der Waals surface area (Å²) in [6.45, 7) is 0.506. The molecule has 0 unspecified atom stereocenters. The lowest BCUT2D eigenvalue weighted by Gasteiger charge is -2.17. The molecule has 1 fully saturated rings. The number of rotatable bonds is 4. The molecule has 1 aliphatic heterocycles. The van der Waals surface area contributed by atoms with E-state index >= 15 is 0 Å². The van der Waals surface area contributed by atoms with Gasteiger partial charge in [0.15, 0.2) is 10.4 Å². The van der Waals surface area contributed by atoms with Gasteiger partial charge >= 0.3 is 0 Å². The number of furan rings is 1. The van der Waals surface area contributed by atoms with Gasteiger partial charge in [-0.1, -0.05) is 12.8 Å². The van der Waals surface area contributed by atoms with Gasteiger partial charge in [0.05, 0.1) is 4.90 Å². The maximum absolute atomic E-state index is 12.6. The Kier molecular flexibility index (Phi) is 4.66. The second kappa shape index (κ2) is 6.83. The Morgan fingerprint density at radius 2 is 1.96 bits per heavy atom. The largest absolute Gasteiger partial charge is 0.444 e. The molecule has 2 heterocycles. The summed E-state index contributed by atoms with van der Waals surface area (Å²) in [6, 6.07) is 8.28. The smallest absolute Gasteiger partial charge is 0.294 e. The predicted molar refractivity (Wildman–Crippen MR) is 101 cm³/mol. The Morgan fingerprint density at radius 1 is 1.19 bits per heavy atom. The van der Waals surface area contributed by atoms with Crippen molar-refractivity contribution >= 4 is 37.5 Å². The average Bonchev–Trinajstić information content (AvgIpc) is 3.34. The van der Waals surface area contributed by atoms with Gasteiger partial charge in [0, 0.05) is 18.3 Å². The summed E-state index contributed by atoms with van der Waals surface area (Å²) in [5, 5.41) is 0. The maximum Gasteiger partial charge on any atom is 0.294 e. The zero-order valence-corrected chi connectivity index (χ0v) is 16.5. The molecule has 1 saturated carbocycles. The Hall–Kier alpha value is -1.64. The van der Waals surface area contributed by atoms with Gasteiger partial charge < -0.3 is 9.32 Å². The van der Waals surface area contributed by atoms with E-state index < -0.39 is 10.0 Å². The topological polar surface area (TPSA) is 79.6 Å². The first-order chi connectivity index (χ1) is 12.4. The van der Waals surface area contributed by atoms with Gasteiger partial charge in [0.25, 0.3) is 5.91 Å². The third-order valence-electron chi connectivity index (χ3n) is 4.96. The fourth-order valence-electron chi connectivity index (χ4n) is 3.65. The lowest BCUT2D eigenvalue weighted by molar-refractivity contribution is 0.0961. The second-order valence-corrected chi connectivity index (χ2v) is 9.20. The number of nitrogens with zero attached hydrogens (tertiary/aromatic N) is 1. The van der Waals surface area contributed by atoms with E-state index in [2.05, 4.69) is 20.7 Å². The highest BCUT2D eigenvalue weighted by molar-refractivity contribution is 9.10. The van der Waals surface area contributed by atoms with E-state index in [0.29, 0.717) is 17.6 Å². The van der Waals surface area contributed by atoms with E-state index in [0.717, 1.165) is 36.9 Å². The van der Waals surface area contributed by atoms with Gasteiger partial charge in [-0.05, 0) is 71.1 Å². The number of benzene rings is 1. The summed E-state index contributed by atoms with van der Waals surface area (Å²) in [4.78, 5) is 14.5. The number of amides is 1. The van der Waals surface area contributed by atoms with Gasteiger partial charge in [0.2, 0.25) is 10.0 Å².